The molecule has 0 aliphatic heterocycles. The van der Waals surface area contributed by atoms with Crippen LogP contribution in [0.1, 0.15) is 33.4 Å². The normalized spacial score (nSPS) is 9.75. The Bertz CT molecular complexity index is 1110. The predicted octanol–water partition coefficient (Wildman–Crippen LogP) is 4.76. The first-order chi connectivity index (χ1) is 13.5. The van der Waals surface area contributed by atoms with Crippen LogP contribution in [0.5, 0.6) is 0 Å². The van der Waals surface area contributed by atoms with E-state index in [-0.39, 0.29) is 5.56 Å². The molecule has 0 nitrogen and oxygen atoms in total. The monoisotopic (exact) mass is 367 g/mol. The molecule has 0 unspecified atom stereocenters. The van der Waals surface area contributed by atoms with E-state index in [1.54, 1.807) is 14.1 Å². The van der Waals surface area contributed by atoms with Gasteiger partial charge in [-0.25, -0.2) is 8.78 Å². The number of benzene rings is 3. The van der Waals surface area contributed by atoms with E-state index in [2.05, 4.69) is 23.7 Å². The van der Waals surface area contributed by atoms with Crippen molar-refractivity contribution >= 4 is 12.7 Å². The summed E-state index contributed by atoms with van der Waals surface area (Å²) in [6, 6.07) is 16.1. The lowest BCUT2D eigenvalue weighted by atomic mass is 9.73. The van der Waals surface area contributed by atoms with Crippen molar-refractivity contribution in [3.63, 3.8) is 0 Å². The molecule has 3 rings (SSSR count). The molecule has 0 bridgehead atoms. The van der Waals surface area contributed by atoms with Crippen LogP contribution in [0.2, 0.25) is 6.82 Å². The molecular formula is C25H18BF2. The van der Waals surface area contributed by atoms with E-state index >= 15 is 0 Å². The van der Waals surface area contributed by atoms with E-state index in [1.165, 1.54) is 17.7 Å². The molecule has 0 aliphatic carbocycles. The fourth-order valence-corrected chi connectivity index (χ4v) is 2.67. The van der Waals surface area contributed by atoms with Gasteiger partial charge in [-0.3, -0.25) is 0 Å². The smallest absolute Gasteiger partial charge is 0.148 e. The minimum atomic E-state index is -0.655. The van der Waals surface area contributed by atoms with Crippen LogP contribution in [0, 0.1) is 49.2 Å². The van der Waals surface area contributed by atoms with Gasteiger partial charge in [0.1, 0.15) is 18.9 Å². The first kappa shape index (κ1) is 19.5. The second-order valence-corrected chi connectivity index (χ2v) is 6.54. The Kier molecular flexibility index (Phi) is 5.98. The summed E-state index contributed by atoms with van der Waals surface area (Å²) < 4.78 is 28.1. The van der Waals surface area contributed by atoms with Crippen LogP contribution in [0.15, 0.2) is 54.6 Å². The Labute approximate surface area is 165 Å². The molecule has 0 heterocycles. The fourth-order valence-electron chi connectivity index (χ4n) is 2.67. The van der Waals surface area contributed by atoms with Crippen LogP contribution in [-0.2, 0) is 0 Å². The lowest BCUT2D eigenvalue weighted by Gasteiger charge is -2.01. The summed E-state index contributed by atoms with van der Waals surface area (Å²) in [4.78, 5) is 0. The van der Waals surface area contributed by atoms with E-state index < -0.39 is 11.6 Å². The molecule has 0 aromatic heterocycles. The van der Waals surface area contributed by atoms with E-state index in [0.717, 1.165) is 16.7 Å². The molecule has 0 spiro atoms. The highest BCUT2D eigenvalue weighted by atomic mass is 19.1. The van der Waals surface area contributed by atoms with Gasteiger partial charge < -0.3 is 0 Å². The molecule has 0 saturated heterocycles. The molecule has 3 heteroatoms. The Balaban J connectivity index is 1.85. The predicted molar refractivity (Wildman–Crippen MR) is 112 cm³/mol. The molecule has 3 aromatic carbocycles. The van der Waals surface area contributed by atoms with Gasteiger partial charge in [-0.2, -0.15) is 0 Å². The Morgan fingerprint density at radius 2 is 1.32 bits per heavy atom. The Morgan fingerprint density at radius 1 is 0.714 bits per heavy atom. The molecule has 28 heavy (non-hydrogen) atoms. The van der Waals surface area contributed by atoms with Crippen LogP contribution < -0.4 is 5.46 Å². The highest BCUT2D eigenvalue weighted by Gasteiger charge is 2.08. The zero-order valence-electron chi connectivity index (χ0n) is 16.0. The molecule has 0 atom stereocenters. The van der Waals surface area contributed by atoms with E-state index in [9.17, 15) is 8.78 Å². The number of hydrogen-bond acceptors (Lipinski definition) is 0. The molecule has 3 aromatic rings. The number of halogens is 2. The zero-order chi connectivity index (χ0) is 20.1. The van der Waals surface area contributed by atoms with Crippen LogP contribution in [0.4, 0.5) is 8.78 Å². The van der Waals surface area contributed by atoms with Crippen molar-refractivity contribution < 1.29 is 8.78 Å². The third-order valence-electron chi connectivity index (χ3n) is 4.35. The first-order valence-electron chi connectivity index (χ1n) is 8.96. The number of hydrogen-bond donors (Lipinski definition) is 0. The van der Waals surface area contributed by atoms with Crippen molar-refractivity contribution in [1.29, 1.82) is 0 Å². The summed E-state index contributed by atoms with van der Waals surface area (Å²) in [6.45, 7) is 5.71. The van der Waals surface area contributed by atoms with Crippen molar-refractivity contribution in [3.05, 3.63) is 99.6 Å². The Hall–Kier alpha value is -3.30. The van der Waals surface area contributed by atoms with Gasteiger partial charge in [0.05, 0.1) is 5.56 Å². The molecule has 0 N–H and O–H groups in total. The molecular weight excluding hydrogens is 349 g/mol. The standard InChI is InChI=1S/C25H18BF2/c1-17-4-6-19(7-5-17)8-11-21-12-9-20(14-18(21)2)10-13-23-24(27)15-22(26-3)16-25(23)28/h4-7,9,12,14-16H,1-3H3. The lowest BCUT2D eigenvalue weighted by Crippen LogP contribution is -2.13. The van der Waals surface area contributed by atoms with Gasteiger partial charge in [0, 0.05) is 16.7 Å². The zero-order valence-corrected chi connectivity index (χ0v) is 16.0. The summed E-state index contributed by atoms with van der Waals surface area (Å²) >= 11 is 0. The van der Waals surface area contributed by atoms with Crippen molar-refractivity contribution in [2.45, 2.75) is 20.7 Å². The highest BCUT2D eigenvalue weighted by Crippen LogP contribution is 2.12. The topological polar surface area (TPSA) is 0 Å². The van der Waals surface area contributed by atoms with Gasteiger partial charge in [-0.1, -0.05) is 53.7 Å². The maximum absolute atomic E-state index is 14.0. The minimum Gasteiger partial charge on any atom is -0.206 e. The summed E-state index contributed by atoms with van der Waals surface area (Å²) in [6.07, 6.45) is 0. The number of rotatable bonds is 1. The van der Waals surface area contributed by atoms with Crippen molar-refractivity contribution in [3.8, 4) is 23.7 Å². The van der Waals surface area contributed by atoms with Gasteiger partial charge in [0.2, 0.25) is 0 Å². The van der Waals surface area contributed by atoms with Gasteiger partial charge in [0.25, 0.3) is 0 Å². The average Bonchev–Trinajstić information content (AvgIpc) is 2.67. The van der Waals surface area contributed by atoms with Gasteiger partial charge in [0.15, 0.2) is 0 Å². The summed E-state index contributed by atoms with van der Waals surface area (Å²) in [5, 5.41) is 0. The molecule has 135 valence electrons. The SMILES string of the molecule is C[B]c1cc(F)c(C#Cc2ccc(C#Cc3ccc(C)cc3)c(C)c2)c(F)c1. The number of aryl methyl sites for hydroxylation is 2. The van der Waals surface area contributed by atoms with Gasteiger partial charge in [-0.05, 0) is 61.9 Å². The first-order valence-corrected chi connectivity index (χ1v) is 8.96. The summed E-state index contributed by atoms with van der Waals surface area (Å²) in [5.74, 6) is 10.4. The third-order valence-corrected chi connectivity index (χ3v) is 4.35. The van der Waals surface area contributed by atoms with Crippen molar-refractivity contribution in [2.24, 2.45) is 0 Å². The maximum atomic E-state index is 14.0. The van der Waals surface area contributed by atoms with Gasteiger partial charge >= 0.3 is 0 Å². The van der Waals surface area contributed by atoms with Crippen molar-refractivity contribution in [2.75, 3.05) is 0 Å². The van der Waals surface area contributed by atoms with E-state index in [0.29, 0.717) is 11.0 Å². The second kappa shape index (κ2) is 8.60. The van der Waals surface area contributed by atoms with E-state index in [1.807, 2.05) is 56.3 Å². The highest BCUT2D eigenvalue weighted by molar-refractivity contribution is 6.51. The lowest BCUT2D eigenvalue weighted by molar-refractivity contribution is 0.579. The molecule has 0 amide bonds. The Morgan fingerprint density at radius 3 is 1.93 bits per heavy atom. The fraction of sp³-hybridized carbons (Fsp3) is 0.120. The molecule has 0 saturated carbocycles. The summed E-state index contributed by atoms with van der Waals surface area (Å²) in [7, 11) is 1.64. The van der Waals surface area contributed by atoms with Crippen LogP contribution in [0.25, 0.3) is 0 Å². The van der Waals surface area contributed by atoms with Crippen molar-refractivity contribution in [1.82, 2.24) is 0 Å². The van der Waals surface area contributed by atoms with Crippen LogP contribution in [-0.4, -0.2) is 7.28 Å². The molecule has 1 radical (unpaired) electrons. The molecule has 0 fully saturated rings. The third kappa shape index (κ3) is 4.70. The summed E-state index contributed by atoms with van der Waals surface area (Å²) in [5.41, 5.74) is 4.96. The molecule has 0 aliphatic rings. The van der Waals surface area contributed by atoms with E-state index in [4.69, 9.17) is 0 Å². The maximum Gasteiger partial charge on any atom is 0.148 e. The minimum absolute atomic E-state index is 0.216. The second-order valence-electron chi connectivity index (χ2n) is 6.54. The quantitative estimate of drug-likeness (QED) is 0.430. The largest absolute Gasteiger partial charge is 0.206 e. The van der Waals surface area contributed by atoms with Crippen LogP contribution in [0.3, 0.4) is 0 Å². The van der Waals surface area contributed by atoms with Crippen LogP contribution >= 0.6 is 0 Å². The average molecular weight is 367 g/mol. The van der Waals surface area contributed by atoms with Gasteiger partial charge in [-0.15, -0.1) is 0 Å².